The summed E-state index contributed by atoms with van der Waals surface area (Å²) < 4.78 is 15.9. The van der Waals surface area contributed by atoms with Gasteiger partial charge in [0.1, 0.15) is 11.4 Å². The van der Waals surface area contributed by atoms with Gasteiger partial charge >= 0.3 is 11.9 Å². The van der Waals surface area contributed by atoms with E-state index in [0.717, 1.165) is 52.4 Å². The molecule has 4 aromatic rings. The van der Waals surface area contributed by atoms with Gasteiger partial charge in [0, 0.05) is 28.2 Å². The second kappa shape index (κ2) is 11.5. The van der Waals surface area contributed by atoms with Crippen LogP contribution < -0.4 is 4.74 Å². The molecule has 38 heavy (non-hydrogen) atoms. The van der Waals surface area contributed by atoms with Gasteiger partial charge in [0.2, 0.25) is 5.78 Å². The number of aromatic nitrogens is 2. The van der Waals surface area contributed by atoms with Crippen molar-refractivity contribution in [2.75, 3.05) is 13.7 Å². The number of H-pyrrole nitrogens is 2. The maximum Gasteiger partial charge on any atom is 0.310 e. The predicted octanol–water partition coefficient (Wildman–Crippen LogP) is 5.88. The van der Waals surface area contributed by atoms with E-state index < -0.39 is 5.60 Å². The molecule has 8 nitrogen and oxygen atoms in total. The Balaban J connectivity index is 1.39. The first-order valence-corrected chi connectivity index (χ1v) is 12.8. The molecule has 0 atom stereocenters. The fourth-order valence-electron chi connectivity index (χ4n) is 4.27. The fraction of sp³-hybridized carbons (Fsp3) is 0.367. The third-order valence-electron chi connectivity index (χ3n) is 6.06. The van der Waals surface area contributed by atoms with Gasteiger partial charge in [0.25, 0.3) is 0 Å². The molecule has 8 heteroatoms. The zero-order valence-electron chi connectivity index (χ0n) is 22.3. The summed E-state index contributed by atoms with van der Waals surface area (Å²) in [4.78, 5) is 43.0. The van der Waals surface area contributed by atoms with Crippen molar-refractivity contribution in [3.63, 3.8) is 0 Å². The maximum atomic E-state index is 13.2. The predicted molar refractivity (Wildman–Crippen MR) is 146 cm³/mol. The number of rotatable bonds is 11. The van der Waals surface area contributed by atoms with Crippen molar-refractivity contribution in [1.82, 2.24) is 9.97 Å². The molecular weight excluding hydrogens is 484 g/mol. The van der Waals surface area contributed by atoms with Crippen LogP contribution in [0.4, 0.5) is 0 Å². The van der Waals surface area contributed by atoms with Crippen molar-refractivity contribution in [3.8, 4) is 5.75 Å². The number of carbonyl (C=O) groups excluding carboxylic acids is 3. The van der Waals surface area contributed by atoms with Crippen molar-refractivity contribution in [2.45, 2.75) is 58.5 Å². The summed E-state index contributed by atoms with van der Waals surface area (Å²) in [5.74, 6) is 0.0963. The number of hydrogen-bond acceptors (Lipinski definition) is 6. The Bertz CT molecular complexity index is 1460. The van der Waals surface area contributed by atoms with Crippen LogP contribution in [-0.4, -0.2) is 47.0 Å². The molecule has 2 heterocycles. The highest BCUT2D eigenvalue weighted by Crippen LogP contribution is 2.25. The van der Waals surface area contributed by atoms with Crippen LogP contribution in [0.15, 0.2) is 48.5 Å². The molecule has 2 N–H and O–H groups in total. The Hall–Kier alpha value is -4.07. The fourth-order valence-corrected chi connectivity index (χ4v) is 4.27. The number of unbranched alkanes of at least 4 members (excludes halogenated alkanes) is 2. The van der Waals surface area contributed by atoms with Crippen LogP contribution >= 0.6 is 0 Å². The second-order valence-electron chi connectivity index (χ2n) is 10.4. The van der Waals surface area contributed by atoms with Gasteiger partial charge in [0.15, 0.2) is 0 Å². The lowest BCUT2D eigenvalue weighted by atomic mass is 10.1. The Morgan fingerprint density at radius 1 is 0.789 bits per heavy atom. The zero-order chi connectivity index (χ0) is 27.3. The Labute approximate surface area is 221 Å². The number of methoxy groups -OCH3 is 1. The third kappa shape index (κ3) is 7.03. The molecule has 200 valence electrons. The van der Waals surface area contributed by atoms with Gasteiger partial charge in [-0.15, -0.1) is 0 Å². The quantitative estimate of drug-likeness (QED) is 0.146. The normalized spacial score (nSPS) is 11.6. The van der Waals surface area contributed by atoms with Crippen molar-refractivity contribution >= 4 is 39.5 Å². The monoisotopic (exact) mass is 518 g/mol. The molecular formula is C30H34N2O6. The van der Waals surface area contributed by atoms with E-state index in [4.69, 9.17) is 9.47 Å². The van der Waals surface area contributed by atoms with Crippen molar-refractivity contribution in [1.29, 1.82) is 0 Å². The number of carbonyl (C=O) groups is 3. The first-order chi connectivity index (χ1) is 18.1. The number of benzene rings is 2. The van der Waals surface area contributed by atoms with Gasteiger partial charge in [-0.1, -0.05) is 6.07 Å². The molecule has 0 fully saturated rings. The van der Waals surface area contributed by atoms with Gasteiger partial charge in [-0.2, -0.15) is 0 Å². The minimum absolute atomic E-state index is 0.154. The number of esters is 2. The van der Waals surface area contributed by atoms with Gasteiger partial charge in [0.05, 0.1) is 31.5 Å². The van der Waals surface area contributed by atoms with Crippen LogP contribution in [0.5, 0.6) is 5.75 Å². The van der Waals surface area contributed by atoms with Crippen LogP contribution in [-0.2, 0) is 25.5 Å². The lowest BCUT2D eigenvalue weighted by molar-refractivity contribution is -0.154. The lowest BCUT2D eigenvalue weighted by Gasteiger charge is -2.19. The highest BCUT2D eigenvalue weighted by molar-refractivity contribution is 6.11. The molecule has 0 spiro atoms. The van der Waals surface area contributed by atoms with Gasteiger partial charge < -0.3 is 24.2 Å². The maximum absolute atomic E-state index is 13.2. The number of hydrogen-bond donors (Lipinski definition) is 2. The van der Waals surface area contributed by atoms with Gasteiger partial charge in [-0.3, -0.25) is 14.4 Å². The second-order valence-corrected chi connectivity index (χ2v) is 10.4. The van der Waals surface area contributed by atoms with E-state index in [1.165, 1.54) is 7.11 Å². The summed E-state index contributed by atoms with van der Waals surface area (Å²) in [5.41, 5.74) is 2.89. The molecule has 0 bridgehead atoms. The number of fused-ring (bicyclic) bond motifs is 2. The average Bonchev–Trinajstić information content (AvgIpc) is 3.48. The first-order valence-electron chi connectivity index (χ1n) is 12.8. The Kier molecular flexibility index (Phi) is 8.20. The SMILES string of the molecule is COC(=O)CCCCCOc1ccc2[nH]c(C(=O)c3cc4cc(CC(=O)OC(C)(C)C)ccc4[nH]3)cc2c1. The van der Waals surface area contributed by atoms with Crippen LogP contribution in [0.1, 0.15) is 68.2 Å². The summed E-state index contributed by atoms with van der Waals surface area (Å²) >= 11 is 0. The van der Waals surface area contributed by atoms with Crippen LogP contribution in [0.3, 0.4) is 0 Å². The molecule has 0 aliphatic heterocycles. The number of nitrogens with one attached hydrogen (secondary N) is 2. The number of aromatic amines is 2. The van der Waals surface area contributed by atoms with Crippen molar-refractivity contribution in [2.24, 2.45) is 0 Å². The average molecular weight is 519 g/mol. The molecule has 0 saturated heterocycles. The smallest absolute Gasteiger partial charge is 0.310 e. The molecule has 2 aromatic heterocycles. The molecule has 0 unspecified atom stereocenters. The Morgan fingerprint density at radius 3 is 2.11 bits per heavy atom. The lowest BCUT2D eigenvalue weighted by Crippen LogP contribution is -2.24. The highest BCUT2D eigenvalue weighted by Gasteiger charge is 2.18. The standard InChI is InChI=1S/C30H34N2O6/c1-30(2,3)38-28(34)15-19-9-11-23-20(14-19)17-25(31-23)29(35)26-18-21-16-22(10-12-24(21)32-26)37-13-7-5-6-8-27(33)36-4/h9-12,14,16-18,31-32H,5-8,13,15H2,1-4H3. The van der Waals surface area contributed by atoms with E-state index in [-0.39, 0.29) is 24.1 Å². The molecule has 0 aliphatic carbocycles. The van der Waals surface area contributed by atoms with E-state index in [9.17, 15) is 14.4 Å². The minimum atomic E-state index is -0.534. The molecule has 4 rings (SSSR count). The van der Waals surface area contributed by atoms with Crippen LogP contribution in [0, 0.1) is 0 Å². The third-order valence-corrected chi connectivity index (χ3v) is 6.06. The van der Waals surface area contributed by atoms with Crippen molar-refractivity contribution in [3.05, 3.63) is 65.5 Å². The molecule has 2 aromatic carbocycles. The summed E-state index contributed by atoms with van der Waals surface area (Å²) in [5, 5.41) is 1.74. The van der Waals surface area contributed by atoms with Crippen LogP contribution in [0.2, 0.25) is 0 Å². The molecule has 0 amide bonds. The molecule has 0 radical (unpaired) electrons. The van der Waals surface area contributed by atoms with Gasteiger partial charge in [-0.05, 0) is 88.1 Å². The summed E-state index contributed by atoms with van der Waals surface area (Å²) in [6, 6.07) is 14.9. The number of ketones is 1. The molecule has 0 saturated carbocycles. The van der Waals surface area contributed by atoms with E-state index in [1.54, 1.807) is 6.07 Å². The van der Waals surface area contributed by atoms with Gasteiger partial charge in [-0.25, -0.2) is 0 Å². The Morgan fingerprint density at radius 2 is 1.45 bits per heavy atom. The van der Waals surface area contributed by atoms with Crippen molar-refractivity contribution < 1.29 is 28.6 Å². The summed E-state index contributed by atoms with van der Waals surface area (Å²) in [6.45, 7) is 6.07. The van der Waals surface area contributed by atoms with Crippen LogP contribution in [0.25, 0.3) is 21.8 Å². The van der Waals surface area contributed by atoms with E-state index >= 15 is 0 Å². The minimum Gasteiger partial charge on any atom is -0.494 e. The highest BCUT2D eigenvalue weighted by atomic mass is 16.6. The zero-order valence-corrected chi connectivity index (χ0v) is 22.3. The summed E-state index contributed by atoms with van der Waals surface area (Å²) in [7, 11) is 1.40. The van der Waals surface area contributed by atoms with E-state index in [1.807, 2.05) is 63.2 Å². The molecule has 0 aliphatic rings. The largest absolute Gasteiger partial charge is 0.494 e. The van der Waals surface area contributed by atoms with E-state index in [0.29, 0.717) is 24.4 Å². The number of ether oxygens (including phenoxy) is 3. The van der Waals surface area contributed by atoms with E-state index in [2.05, 4.69) is 14.7 Å². The topological polar surface area (TPSA) is 110 Å². The summed E-state index contributed by atoms with van der Waals surface area (Å²) in [6.07, 6.45) is 3.09. The first kappa shape index (κ1) is 27.0.